The SMILES string of the molecule is O=C1NC(=O)[C@@H](CCC(=O)N2CCCN(Cc3ccc(F)cc3)CC2)N1. The minimum Gasteiger partial charge on any atom is -0.341 e. The van der Waals surface area contributed by atoms with E-state index >= 15 is 0 Å². The summed E-state index contributed by atoms with van der Waals surface area (Å²) >= 11 is 0. The number of halogens is 1. The number of benzene rings is 1. The van der Waals surface area contributed by atoms with Gasteiger partial charge in [0, 0.05) is 39.1 Å². The second-order valence-corrected chi connectivity index (χ2v) is 6.69. The topological polar surface area (TPSA) is 81.8 Å². The van der Waals surface area contributed by atoms with Gasteiger partial charge >= 0.3 is 6.03 Å². The summed E-state index contributed by atoms with van der Waals surface area (Å²) in [6, 6.07) is 5.36. The molecule has 4 amide bonds. The van der Waals surface area contributed by atoms with Crippen LogP contribution in [0.5, 0.6) is 0 Å². The number of rotatable bonds is 5. The summed E-state index contributed by atoms with van der Waals surface area (Å²) < 4.78 is 13.0. The van der Waals surface area contributed by atoms with Crippen molar-refractivity contribution >= 4 is 17.8 Å². The van der Waals surface area contributed by atoms with Crippen LogP contribution in [-0.2, 0) is 16.1 Å². The number of carbonyl (C=O) groups is 3. The fourth-order valence-electron chi connectivity index (χ4n) is 3.31. The first-order chi connectivity index (χ1) is 12.5. The summed E-state index contributed by atoms with van der Waals surface area (Å²) in [5.41, 5.74) is 1.05. The molecule has 2 aliphatic heterocycles. The van der Waals surface area contributed by atoms with Crippen LogP contribution in [0.1, 0.15) is 24.8 Å². The number of hydrogen-bond acceptors (Lipinski definition) is 4. The van der Waals surface area contributed by atoms with Crippen LogP contribution in [-0.4, -0.2) is 59.9 Å². The first-order valence-corrected chi connectivity index (χ1v) is 8.87. The van der Waals surface area contributed by atoms with Crippen molar-refractivity contribution in [1.29, 1.82) is 0 Å². The molecule has 2 aliphatic rings. The largest absolute Gasteiger partial charge is 0.341 e. The van der Waals surface area contributed by atoms with Crippen molar-refractivity contribution in [2.45, 2.75) is 31.8 Å². The number of nitrogens with zero attached hydrogens (tertiary/aromatic N) is 2. The van der Waals surface area contributed by atoms with Crippen molar-refractivity contribution in [3.63, 3.8) is 0 Å². The second-order valence-electron chi connectivity index (χ2n) is 6.69. The molecule has 1 aromatic rings. The molecule has 0 unspecified atom stereocenters. The Hall–Kier alpha value is -2.48. The van der Waals surface area contributed by atoms with Crippen LogP contribution in [0.3, 0.4) is 0 Å². The maximum atomic E-state index is 13.0. The second kappa shape index (κ2) is 8.27. The molecule has 2 N–H and O–H groups in total. The zero-order chi connectivity index (χ0) is 18.5. The molecule has 0 saturated carbocycles. The van der Waals surface area contributed by atoms with E-state index in [1.54, 1.807) is 12.1 Å². The van der Waals surface area contributed by atoms with E-state index in [-0.39, 0.29) is 24.1 Å². The summed E-state index contributed by atoms with van der Waals surface area (Å²) in [7, 11) is 0. The van der Waals surface area contributed by atoms with Gasteiger partial charge in [0.25, 0.3) is 5.91 Å². The standard InChI is InChI=1S/C18H23FN4O3/c19-14-4-2-13(3-5-14)12-22-8-1-9-23(11-10-22)16(24)7-6-15-17(25)21-18(26)20-15/h2-5,15H,1,6-12H2,(H2,20,21,25,26)/t15-/m1/s1. The molecule has 0 spiro atoms. The average Bonchev–Trinajstić information content (AvgIpc) is 2.81. The first kappa shape index (κ1) is 18.3. The van der Waals surface area contributed by atoms with Crippen molar-refractivity contribution in [2.75, 3.05) is 26.2 Å². The maximum Gasteiger partial charge on any atom is 0.322 e. The quantitative estimate of drug-likeness (QED) is 0.761. The molecule has 0 aliphatic carbocycles. The van der Waals surface area contributed by atoms with Crippen LogP contribution >= 0.6 is 0 Å². The Bertz CT molecular complexity index is 680. The van der Waals surface area contributed by atoms with E-state index < -0.39 is 12.1 Å². The molecule has 2 fully saturated rings. The monoisotopic (exact) mass is 362 g/mol. The summed E-state index contributed by atoms with van der Waals surface area (Å²) in [6.07, 6.45) is 1.41. The first-order valence-electron chi connectivity index (χ1n) is 8.87. The lowest BCUT2D eigenvalue weighted by Crippen LogP contribution is -2.37. The van der Waals surface area contributed by atoms with Crippen molar-refractivity contribution in [3.05, 3.63) is 35.6 Å². The Morgan fingerprint density at radius 3 is 2.58 bits per heavy atom. The molecule has 140 valence electrons. The van der Waals surface area contributed by atoms with E-state index in [2.05, 4.69) is 15.5 Å². The molecular formula is C18H23FN4O3. The molecule has 3 rings (SSSR count). The maximum absolute atomic E-state index is 13.0. The summed E-state index contributed by atoms with van der Waals surface area (Å²) in [6.45, 7) is 3.67. The minimum absolute atomic E-state index is 0.00239. The Morgan fingerprint density at radius 2 is 1.88 bits per heavy atom. The van der Waals surface area contributed by atoms with E-state index in [4.69, 9.17) is 0 Å². The number of imide groups is 1. The molecule has 8 heteroatoms. The van der Waals surface area contributed by atoms with Gasteiger partial charge in [-0.25, -0.2) is 9.18 Å². The highest BCUT2D eigenvalue weighted by Crippen LogP contribution is 2.12. The number of nitrogens with one attached hydrogen (secondary N) is 2. The Labute approximate surface area is 151 Å². The van der Waals surface area contributed by atoms with Crippen LogP contribution in [0.15, 0.2) is 24.3 Å². The lowest BCUT2D eigenvalue weighted by molar-refractivity contribution is -0.131. The highest BCUT2D eigenvalue weighted by atomic mass is 19.1. The van der Waals surface area contributed by atoms with Gasteiger partial charge in [-0.2, -0.15) is 0 Å². The van der Waals surface area contributed by atoms with Crippen molar-refractivity contribution in [3.8, 4) is 0 Å². The Balaban J connectivity index is 1.45. The molecular weight excluding hydrogens is 339 g/mol. The summed E-state index contributed by atoms with van der Waals surface area (Å²) in [4.78, 5) is 39.1. The molecule has 0 aromatic heterocycles. The Kier molecular flexibility index (Phi) is 5.82. The zero-order valence-electron chi connectivity index (χ0n) is 14.5. The number of carbonyl (C=O) groups excluding carboxylic acids is 3. The van der Waals surface area contributed by atoms with Crippen LogP contribution in [0.25, 0.3) is 0 Å². The zero-order valence-corrected chi connectivity index (χ0v) is 14.5. The van der Waals surface area contributed by atoms with Crippen LogP contribution in [0, 0.1) is 5.82 Å². The van der Waals surface area contributed by atoms with E-state index in [9.17, 15) is 18.8 Å². The van der Waals surface area contributed by atoms with E-state index in [1.807, 2.05) is 4.90 Å². The van der Waals surface area contributed by atoms with E-state index in [1.165, 1.54) is 12.1 Å². The van der Waals surface area contributed by atoms with Crippen molar-refractivity contribution in [1.82, 2.24) is 20.4 Å². The summed E-state index contributed by atoms with van der Waals surface area (Å²) in [5.74, 6) is -0.611. The third-order valence-electron chi connectivity index (χ3n) is 4.77. The predicted octanol–water partition coefficient (Wildman–Crippen LogP) is 0.848. The van der Waals surface area contributed by atoms with Crippen molar-refractivity contribution < 1.29 is 18.8 Å². The number of amides is 4. The molecule has 2 heterocycles. The van der Waals surface area contributed by atoms with Gasteiger partial charge in [0.15, 0.2) is 0 Å². The summed E-state index contributed by atoms with van der Waals surface area (Å²) in [5, 5.41) is 4.68. The van der Waals surface area contributed by atoms with Gasteiger partial charge < -0.3 is 10.2 Å². The predicted molar refractivity (Wildman–Crippen MR) is 92.6 cm³/mol. The molecule has 1 atom stereocenters. The minimum atomic E-state index is -0.617. The van der Waals surface area contributed by atoms with E-state index in [0.29, 0.717) is 19.5 Å². The number of urea groups is 1. The van der Waals surface area contributed by atoms with Gasteiger partial charge in [0.05, 0.1) is 0 Å². The fourth-order valence-corrected chi connectivity index (χ4v) is 3.31. The third kappa shape index (κ3) is 4.78. The molecule has 7 nitrogen and oxygen atoms in total. The van der Waals surface area contributed by atoms with Gasteiger partial charge in [0.1, 0.15) is 11.9 Å². The molecule has 0 radical (unpaired) electrons. The molecule has 26 heavy (non-hydrogen) atoms. The van der Waals surface area contributed by atoms with Crippen LogP contribution < -0.4 is 10.6 Å². The molecule has 0 bridgehead atoms. The van der Waals surface area contributed by atoms with Gasteiger partial charge in [0.2, 0.25) is 5.91 Å². The van der Waals surface area contributed by atoms with E-state index in [0.717, 1.165) is 31.6 Å². The van der Waals surface area contributed by atoms with Crippen LogP contribution in [0.4, 0.5) is 9.18 Å². The highest BCUT2D eigenvalue weighted by Gasteiger charge is 2.30. The van der Waals surface area contributed by atoms with Crippen molar-refractivity contribution in [2.24, 2.45) is 0 Å². The van der Waals surface area contributed by atoms with Gasteiger partial charge in [-0.05, 0) is 30.5 Å². The molecule has 2 saturated heterocycles. The number of hydrogen-bond donors (Lipinski definition) is 2. The lowest BCUT2D eigenvalue weighted by Gasteiger charge is -2.22. The van der Waals surface area contributed by atoms with Gasteiger partial charge in [-0.3, -0.25) is 19.8 Å². The van der Waals surface area contributed by atoms with Gasteiger partial charge in [-0.15, -0.1) is 0 Å². The average molecular weight is 362 g/mol. The van der Waals surface area contributed by atoms with Gasteiger partial charge in [-0.1, -0.05) is 12.1 Å². The highest BCUT2D eigenvalue weighted by molar-refractivity contribution is 6.04. The fraction of sp³-hybridized carbons (Fsp3) is 0.500. The van der Waals surface area contributed by atoms with Crippen LogP contribution in [0.2, 0.25) is 0 Å². The normalized spacial score (nSPS) is 21.3. The smallest absolute Gasteiger partial charge is 0.322 e. The third-order valence-corrected chi connectivity index (χ3v) is 4.77. The molecule has 1 aromatic carbocycles. The lowest BCUT2D eigenvalue weighted by atomic mass is 10.1. The Morgan fingerprint density at radius 1 is 1.12 bits per heavy atom.